The zero-order valence-electron chi connectivity index (χ0n) is 13.8. The van der Waals surface area contributed by atoms with Crippen LogP contribution in [0.25, 0.3) is 0 Å². The Labute approximate surface area is 124 Å². The Bertz CT molecular complexity index is 271. The molecule has 4 nitrogen and oxygen atoms in total. The summed E-state index contributed by atoms with van der Waals surface area (Å²) in [6, 6.07) is 0.292. The van der Waals surface area contributed by atoms with Crippen molar-refractivity contribution in [2.45, 2.75) is 53.0 Å². The molecule has 1 saturated heterocycles. The van der Waals surface area contributed by atoms with E-state index in [0.29, 0.717) is 18.4 Å². The highest BCUT2D eigenvalue weighted by molar-refractivity contribution is 5.76. The van der Waals surface area contributed by atoms with Gasteiger partial charge in [-0.2, -0.15) is 0 Å². The van der Waals surface area contributed by atoms with Gasteiger partial charge in [0.05, 0.1) is 0 Å². The fraction of sp³-hybridized carbons (Fsp3) is 0.938. The SMILES string of the molecule is CCNC(C)CC(=O)N1CCC(CN(CC)CC)CC1. The van der Waals surface area contributed by atoms with E-state index >= 15 is 0 Å². The summed E-state index contributed by atoms with van der Waals surface area (Å²) in [7, 11) is 0. The molecular weight excluding hydrogens is 250 g/mol. The number of hydrogen-bond donors (Lipinski definition) is 1. The van der Waals surface area contributed by atoms with E-state index in [9.17, 15) is 4.79 Å². The van der Waals surface area contributed by atoms with E-state index < -0.39 is 0 Å². The smallest absolute Gasteiger partial charge is 0.224 e. The molecule has 0 aromatic rings. The molecule has 1 unspecified atom stereocenters. The molecule has 1 atom stereocenters. The first-order valence-corrected chi connectivity index (χ1v) is 8.34. The van der Waals surface area contributed by atoms with Gasteiger partial charge in [-0.05, 0) is 45.3 Å². The van der Waals surface area contributed by atoms with Crippen LogP contribution < -0.4 is 5.32 Å². The summed E-state index contributed by atoms with van der Waals surface area (Å²) in [5.74, 6) is 1.09. The van der Waals surface area contributed by atoms with Crippen molar-refractivity contribution >= 4 is 5.91 Å². The first-order chi connectivity index (χ1) is 9.60. The van der Waals surface area contributed by atoms with E-state index in [-0.39, 0.29) is 0 Å². The second-order valence-corrected chi connectivity index (χ2v) is 5.97. The number of piperidine rings is 1. The monoisotopic (exact) mass is 283 g/mol. The van der Waals surface area contributed by atoms with Crippen molar-refractivity contribution in [2.75, 3.05) is 39.3 Å². The van der Waals surface area contributed by atoms with E-state index in [2.05, 4.69) is 42.8 Å². The molecule has 0 saturated carbocycles. The fourth-order valence-corrected chi connectivity index (χ4v) is 3.02. The molecule has 1 aliphatic rings. The largest absolute Gasteiger partial charge is 0.343 e. The fourth-order valence-electron chi connectivity index (χ4n) is 3.02. The highest BCUT2D eigenvalue weighted by atomic mass is 16.2. The molecule has 0 aromatic heterocycles. The number of carbonyl (C=O) groups excluding carboxylic acids is 1. The number of nitrogens with one attached hydrogen (secondary N) is 1. The zero-order chi connectivity index (χ0) is 15.0. The van der Waals surface area contributed by atoms with Crippen molar-refractivity contribution in [1.82, 2.24) is 15.1 Å². The van der Waals surface area contributed by atoms with Crippen LogP contribution in [0.1, 0.15) is 47.0 Å². The summed E-state index contributed by atoms with van der Waals surface area (Å²) in [5.41, 5.74) is 0. The number of carbonyl (C=O) groups is 1. The van der Waals surface area contributed by atoms with Crippen LogP contribution in [-0.2, 0) is 4.79 Å². The molecule has 1 amide bonds. The summed E-state index contributed by atoms with van der Waals surface area (Å²) >= 11 is 0. The lowest BCUT2D eigenvalue weighted by Crippen LogP contribution is -2.43. The second-order valence-electron chi connectivity index (χ2n) is 5.97. The zero-order valence-corrected chi connectivity index (χ0v) is 13.8. The van der Waals surface area contributed by atoms with Crippen LogP contribution in [0.5, 0.6) is 0 Å². The topological polar surface area (TPSA) is 35.6 Å². The molecule has 0 radical (unpaired) electrons. The normalized spacial score (nSPS) is 18.6. The Morgan fingerprint density at radius 1 is 1.25 bits per heavy atom. The summed E-state index contributed by atoms with van der Waals surface area (Å²) in [6.07, 6.45) is 2.96. The molecule has 118 valence electrons. The molecular formula is C16H33N3O. The second kappa shape index (κ2) is 9.35. The van der Waals surface area contributed by atoms with Crippen molar-refractivity contribution in [3.8, 4) is 0 Å². The molecule has 1 aliphatic heterocycles. The van der Waals surface area contributed by atoms with Gasteiger partial charge in [0, 0.05) is 32.1 Å². The molecule has 0 aliphatic carbocycles. The number of amides is 1. The van der Waals surface area contributed by atoms with Crippen molar-refractivity contribution < 1.29 is 4.79 Å². The maximum atomic E-state index is 12.2. The minimum atomic E-state index is 0.292. The maximum Gasteiger partial charge on any atom is 0.224 e. The highest BCUT2D eigenvalue weighted by Gasteiger charge is 2.24. The number of hydrogen-bond acceptors (Lipinski definition) is 3. The summed E-state index contributed by atoms with van der Waals surface area (Å²) < 4.78 is 0. The van der Waals surface area contributed by atoms with E-state index in [4.69, 9.17) is 0 Å². The Hall–Kier alpha value is -0.610. The van der Waals surface area contributed by atoms with Crippen LogP contribution in [-0.4, -0.2) is 61.0 Å². The van der Waals surface area contributed by atoms with Gasteiger partial charge >= 0.3 is 0 Å². The summed E-state index contributed by atoms with van der Waals surface area (Å²) in [5, 5.41) is 3.31. The molecule has 20 heavy (non-hydrogen) atoms. The van der Waals surface area contributed by atoms with Gasteiger partial charge in [-0.25, -0.2) is 0 Å². The predicted molar refractivity (Wildman–Crippen MR) is 84.8 cm³/mol. The van der Waals surface area contributed by atoms with Crippen molar-refractivity contribution in [2.24, 2.45) is 5.92 Å². The molecule has 4 heteroatoms. The van der Waals surface area contributed by atoms with E-state index in [0.717, 1.165) is 51.5 Å². The third-order valence-electron chi connectivity index (χ3n) is 4.41. The lowest BCUT2D eigenvalue weighted by atomic mass is 9.95. The van der Waals surface area contributed by atoms with Crippen molar-refractivity contribution in [1.29, 1.82) is 0 Å². The standard InChI is InChI=1S/C16H33N3O/c1-5-17-14(4)12-16(20)19-10-8-15(9-11-19)13-18(6-2)7-3/h14-15,17H,5-13H2,1-4H3. The third kappa shape index (κ3) is 5.80. The van der Waals surface area contributed by atoms with E-state index in [1.807, 2.05) is 0 Å². The average molecular weight is 283 g/mol. The minimum Gasteiger partial charge on any atom is -0.343 e. The lowest BCUT2D eigenvalue weighted by molar-refractivity contribution is -0.133. The number of likely N-dealkylation sites (tertiary alicyclic amines) is 1. The van der Waals surface area contributed by atoms with Gasteiger partial charge in [-0.1, -0.05) is 20.8 Å². The minimum absolute atomic E-state index is 0.292. The molecule has 0 aromatic carbocycles. The Morgan fingerprint density at radius 3 is 2.35 bits per heavy atom. The molecule has 0 bridgehead atoms. The van der Waals surface area contributed by atoms with Crippen LogP contribution in [0.15, 0.2) is 0 Å². The lowest BCUT2D eigenvalue weighted by Gasteiger charge is -2.35. The van der Waals surface area contributed by atoms with Crippen LogP contribution >= 0.6 is 0 Å². The average Bonchev–Trinajstić information content (AvgIpc) is 2.45. The van der Waals surface area contributed by atoms with E-state index in [1.165, 1.54) is 6.54 Å². The van der Waals surface area contributed by atoms with Gasteiger partial charge in [0.25, 0.3) is 0 Å². The first-order valence-electron chi connectivity index (χ1n) is 8.34. The van der Waals surface area contributed by atoms with Gasteiger partial charge in [-0.15, -0.1) is 0 Å². The van der Waals surface area contributed by atoms with Crippen LogP contribution in [0.4, 0.5) is 0 Å². The molecule has 0 spiro atoms. The van der Waals surface area contributed by atoms with Gasteiger partial charge in [0.1, 0.15) is 0 Å². The number of rotatable bonds is 8. The quantitative estimate of drug-likeness (QED) is 0.739. The predicted octanol–water partition coefficient (Wildman–Crippen LogP) is 1.95. The van der Waals surface area contributed by atoms with Gasteiger partial charge in [0.2, 0.25) is 5.91 Å². The highest BCUT2D eigenvalue weighted by Crippen LogP contribution is 2.19. The number of nitrogens with zero attached hydrogens (tertiary/aromatic N) is 2. The van der Waals surface area contributed by atoms with Gasteiger partial charge in [0.15, 0.2) is 0 Å². The van der Waals surface area contributed by atoms with Crippen LogP contribution in [0.2, 0.25) is 0 Å². The van der Waals surface area contributed by atoms with Crippen molar-refractivity contribution in [3.05, 3.63) is 0 Å². The summed E-state index contributed by atoms with van der Waals surface area (Å²) in [6.45, 7) is 14.9. The van der Waals surface area contributed by atoms with E-state index in [1.54, 1.807) is 0 Å². The Morgan fingerprint density at radius 2 is 1.85 bits per heavy atom. The maximum absolute atomic E-state index is 12.2. The Kier molecular flexibility index (Phi) is 8.15. The first kappa shape index (κ1) is 17.4. The Balaban J connectivity index is 2.29. The van der Waals surface area contributed by atoms with Crippen molar-refractivity contribution in [3.63, 3.8) is 0 Å². The third-order valence-corrected chi connectivity index (χ3v) is 4.41. The molecule has 1 fully saturated rings. The molecule has 1 N–H and O–H groups in total. The molecule has 1 rings (SSSR count). The van der Waals surface area contributed by atoms with Crippen LogP contribution in [0.3, 0.4) is 0 Å². The van der Waals surface area contributed by atoms with Crippen LogP contribution in [0, 0.1) is 5.92 Å². The molecule has 1 heterocycles. The van der Waals surface area contributed by atoms with Gasteiger partial charge in [-0.3, -0.25) is 4.79 Å². The van der Waals surface area contributed by atoms with Gasteiger partial charge < -0.3 is 15.1 Å². The summed E-state index contributed by atoms with van der Waals surface area (Å²) in [4.78, 5) is 16.8.